The van der Waals surface area contributed by atoms with Gasteiger partial charge in [-0.05, 0) is 43.7 Å². The summed E-state index contributed by atoms with van der Waals surface area (Å²) < 4.78 is 12.9. The van der Waals surface area contributed by atoms with Crippen molar-refractivity contribution < 1.29 is 13.9 Å². The van der Waals surface area contributed by atoms with Gasteiger partial charge in [0.1, 0.15) is 5.76 Å². The van der Waals surface area contributed by atoms with E-state index >= 15 is 0 Å². The molecule has 0 bridgehead atoms. The molecule has 1 fully saturated rings. The van der Waals surface area contributed by atoms with E-state index in [2.05, 4.69) is 9.78 Å². The molecule has 0 aromatic carbocycles. The van der Waals surface area contributed by atoms with Crippen LogP contribution < -0.4 is 0 Å². The number of aryl methyl sites for hydroxylation is 1. The lowest BCUT2D eigenvalue weighted by Gasteiger charge is -2.36. The Bertz CT molecular complexity index is 745. The summed E-state index contributed by atoms with van der Waals surface area (Å²) in [4.78, 5) is 14.9. The molecule has 1 aliphatic heterocycles. The third-order valence-corrected chi connectivity index (χ3v) is 5.08. The number of nitrogens with zero attached hydrogens (tertiary/aromatic N) is 3. The highest BCUT2D eigenvalue weighted by atomic mass is 16.5. The topological polar surface area (TPSA) is 60.5 Å². The summed E-state index contributed by atoms with van der Waals surface area (Å²) >= 11 is 0. The molecule has 2 aromatic heterocycles. The first-order valence-corrected chi connectivity index (χ1v) is 8.57. The zero-order valence-electron chi connectivity index (χ0n) is 14.2. The van der Waals surface area contributed by atoms with Crippen molar-refractivity contribution in [2.24, 2.45) is 5.92 Å². The van der Waals surface area contributed by atoms with Gasteiger partial charge in [0.05, 0.1) is 36.4 Å². The minimum atomic E-state index is -0.0956. The number of aromatic nitrogens is 2. The van der Waals surface area contributed by atoms with Gasteiger partial charge in [-0.25, -0.2) is 0 Å². The number of fused-ring (bicyclic) bond motifs is 1. The van der Waals surface area contributed by atoms with Gasteiger partial charge in [-0.3, -0.25) is 9.48 Å². The van der Waals surface area contributed by atoms with Crippen LogP contribution in [0.5, 0.6) is 0 Å². The molecule has 1 amide bonds. The van der Waals surface area contributed by atoms with E-state index in [1.165, 1.54) is 18.4 Å². The van der Waals surface area contributed by atoms with Crippen molar-refractivity contribution in [3.63, 3.8) is 0 Å². The summed E-state index contributed by atoms with van der Waals surface area (Å²) in [7, 11) is 1.68. The van der Waals surface area contributed by atoms with Crippen molar-refractivity contribution in [3.8, 4) is 0 Å². The van der Waals surface area contributed by atoms with Gasteiger partial charge in [-0.15, -0.1) is 0 Å². The van der Waals surface area contributed by atoms with E-state index in [1.54, 1.807) is 19.4 Å². The smallest absolute Gasteiger partial charge is 0.258 e. The molecular formula is C18H23N3O3. The fourth-order valence-electron chi connectivity index (χ4n) is 3.58. The summed E-state index contributed by atoms with van der Waals surface area (Å²) in [5.74, 6) is 1.40. The average molecular weight is 329 g/mol. The van der Waals surface area contributed by atoms with Crippen LogP contribution in [0.2, 0.25) is 0 Å². The number of furan rings is 1. The predicted molar refractivity (Wildman–Crippen MR) is 87.8 cm³/mol. The van der Waals surface area contributed by atoms with Crippen molar-refractivity contribution in [3.05, 3.63) is 41.1 Å². The molecule has 1 atom stereocenters. The summed E-state index contributed by atoms with van der Waals surface area (Å²) in [6.45, 7) is 3.93. The first kappa shape index (κ1) is 15.4. The van der Waals surface area contributed by atoms with Crippen molar-refractivity contribution in [1.82, 2.24) is 14.7 Å². The van der Waals surface area contributed by atoms with Gasteiger partial charge in [0.25, 0.3) is 5.91 Å². The quantitative estimate of drug-likeness (QED) is 0.846. The third-order valence-electron chi connectivity index (χ3n) is 5.08. The van der Waals surface area contributed by atoms with Crippen molar-refractivity contribution in [2.45, 2.75) is 38.8 Å². The summed E-state index contributed by atoms with van der Waals surface area (Å²) in [5.41, 5.74) is 3.02. The van der Waals surface area contributed by atoms with Gasteiger partial charge in [0.15, 0.2) is 0 Å². The number of amides is 1. The second kappa shape index (κ2) is 6.09. The lowest BCUT2D eigenvalue weighted by Crippen LogP contribution is -2.43. The number of ether oxygens (including phenoxy) is 1. The maximum absolute atomic E-state index is 13.0. The Balaban J connectivity index is 1.67. The molecule has 2 aliphatic rings. The van der Waals surface area contributed by atoms with E-state index in [4.69, 9.17) is 9.15 Å². The molecule has 1 unspecified atom stereocenters. The van der Waals surface area contributed by atoms with Crippen LogP contribution in [-0.4, -0.2) is 40.8 Å². The molecule has 6 nitrogen and oxygen atoms in total. The Morgan fingerprint density at radius 1 is 1.46 bits per heavy atom. The van der Waals surface area contributed by atoms with Crippen LogP contribution in [0, 0.1) is 12.8 Å². The van der Waals surface area contributed by atoms with Crippen LogP contribution in [0.1, 0.15) is 46.3 Å². The zero-order chi connectivity index (χ0) is 16.7. The fourth-order valence-corrected chi connectivity index (χ4v) is 3.58. The molecule has 0 saturated heterocycles. The minimum Gasteiger partial charge on any atom is -0.469 e. The van der Waals surface area contributed by atoms with Gasteiger partial charge in [0, 0.05) is 20.2 Å². The summed E-state index contributed by atoms with van der Waals surface area (Å²) in [6, 6.07) is 1.65. The SMILES string of the molecule is COCC1c2c(cnn2CC2CC2)CCN1C(=O)c1ccoc1C. The van der Waals surface area contributed by atoms with E-state index in [-0.39, 0.29) is 11.9 Å². The van der Waals surface area contributed by atoms with Gasteiger partial charge in [0.2, 0.25) is 0 Å². The number of methoxy groups -OCH3 is 1. The largest absolute Gasteiger partial charge is 0.469 e. The molecule has 6 heteroatoms. The van der Waals surface area contributed by atoms with E-state index < -0.39 is 0 Å². The molecule has 24 heavy (non-hydrogen) atoms. The number of hydrogen-bond acceptors (Lipinski definition) is 4. The van der Waals surface area contributed by atoms with Gasteiger partial charge in [-0.2, -0.15) is 5.10 Å². The molecule has 1 saturated carbocycles. The van der Waals surface area contributed by atoms with Crippen LogP contribution in [0.4, 0.5) is 0 Å². The van der Waals surface area contributed by atoms with E-state index in [0.29, 0.717) is 24.5 Å². The Labute approximate surface area is 141 Å². The summed E-state index contributed by atoms with van der Waals surface area (Å²) in [5, 5.41) is 4.59. The summed E-state index contributed by atoms with van der Waals surface area (Å²) in [6.07, 6.45) is 6.93. The molecule has 3 heterocycles. The first-order valence-electron chi connectivity index (χ1n) is 8.57. The predicted octanol–water partition coefficient (Wildman–Crippen LogP) is 2.58. The third kappa shape index (κ3) is 2.65. The van der Waals surface area contributed by atoms with Crippen LogP contribution in [0.15, 0.2) is 22.9 Å². The van der Waals surface area contributed by atoms with Crippen LogP contribution in [0.3, 0.4) is 0 Å². The molecule has 128 valence electrons. The lowest BCUT2D eigenvalue weighted by atomic mass is 9.99. The first-order chi connectivity index (χ1) is 11.7. The highest BCUT2D eigenvalue weighted by Crippen LogP contribution is 2.35. The van der Waals surface area contributed by atoms with Crippen LogP contribution >= 0.6 is 0 Å². The monoisotopic (exact) mass is 329 g/mol. The number of rotatable bonds is 5. The molecule has 0 radical (unpaired) electrons. The van der Waals surface area contributed by atoms with E-state index in [9.17, 15) is 4.79 Å². The normalized spacial score (nSPS) is 20.2. The van der Waals surface area contributed by atoms with Crippen molar-refractivity contribution >= 4 is 5.91 Å². The van der Waals surface area contributed by atoms with E-state index in [0.717, 1.165) is 24.6 Å². The lowest BCUT2D eigenvalue weighted by molar-refractivity contribution is 0.0480. The van der Waals surface area contributed by atoms with E-state index in [1.807, 2.05) is 18.0 Å². The number of carbonyl (C=O) groups excluding carboxylic acids is 1. The van der Waals surface area contributed by atoms with Gasteiger partial charge in [-0.1, -0.05) is 0 Å². The Kier molecular flexibility index (Phi) is 3.92. The molecule has 1 aliphatic carbocycles. The minimum absolute atomic E-state index is 0.00752. The van der Waals surface area contributed by atoms with Gasteiger partial charge >= 0.3 is 0 Å². The van der Waals surface area contributed by atoms with Gasteiger partial charge < -0.3 is 14.1 Å². The van der Waals surface area contributed by atoms with Crippen LogP contribution in [-0.2, 0) is 17.7 Å². The average Bonchev–Trinajstić information content (AvgIpc) is 3.14. The molecular weight excluding hydrogens is 306 g/mol. The maximum Gasteiger partial charge on any atom is 0.258 e. The number of hydrogen-bond donors (Lipinski definition) is 0. The van der Waals surface area contributed by atoms with Crippen molar-refractivity contribution in [2.75, 3.05) is 20.3 Å². The second-order valence-corrected chi connectivity index (χ2v) is 6.79. The maximum atomic E-state index is 13.0. The Hall–Kier alpha value is -2.08. The molecule has 2 aromatic rings. The second-order valence-electron chi connectivity index (χ2n) is 6.79. The Morgan fingerprint density at radius 2 is 2.29 bits per heavy atom. The molecule has 0 N–H and O–H groups in total. The fraction of sp³-hybridized carbons (Fsp3) is 0.556. The van der Waals surface area contributed by atoms with Crippen molar-refractivity contribution in [1.29, 1.82) is 0 Å². The standard InChI is InChI=1S/C18H23N3O3/c1-12-15(6-8-24-12)18(22)20-7-5-14-9-19-21(10-13-3-4-13)17(14)16(20)11-23-2/h6,8-9,13,16H,3-5,7,10-11H2,1-2H3. The highest BCUT2D eigenvalue weighted by molar-refractivity contribution is 5.95. The molecule has 0 spiro atoms. The molecule has 4 rings (SSSR count). The zero-order valence-corrected chi connectivity index (χ0v) is 14.2. The van der Waals surface area contributed by atoms with Crippen LogP contribution in [0.25, 0.3) is 0 Å². The highest BCUT2D eigenvalue weighted by Gasteiger charge is 2.36. The Morgan fingerprint density at radius 3 is 2.96 bits per heavy atom. The number of carbonyl (C=O) groups is 1.